The summed E-state index contributed by atoms with van der Waals surface area (Å²) in [6.45, 7) is 1.87. The van der Waals surface area contributed by atoms with Crippen LogP contribution >= 0.6 is 0 Å². The molecule has 0 saturated heterocycles. The lowest BCUT2D eigenvalue weighted by Crippen LogP contribution is -2.34. The van der Waals surface area contributed by atoms with Gasteiger partial charge in [-0.15, -0.1) is 0 Å². The van der Waals surface area contributed by atoms with E-state index in [1.165, 1.54) is 31.2 Å². The fourth-order valence-electron chi connectivity index (χ4n) is 2.46. The van der Waals surface area contributed by atoms with Crippen LogP contribution in [0.2, 0.25) is 0 Å². The van der Waals surface area contributed by atoms with Crippen LogP contribution in [0, 0.1) is 5.92 Å². The van der Waals surface area contributed by atoms with Gasteiger partial charge in [0.2, 0.25) is 0 Å². The quantitative estimate of drug-likeness (QED) is 0.813. The number of nitrogens with two attached hydrogens (primary N) is 1. The van der Waals surface area contributed by atoms with Crippen LogP contribution in [0.15, 0.2) is 30.3 Å². The van der Waals surface area contributed by atoms with Gasteiger partial charge in [-0.2, -0.15) is 0 Å². The van der Waals surface area contributed by atoms with Gasteiger partial charge >= 0.3 is 0 Å². The Balaban J connectivity index is 1.72. The van der Waals surface area contributed by atoms with Crippen LogP contribution in [0.5, 0.6) is 0 Å². The van der Waals surface area contributed by atoms with Crippen LogP contribution in [0.3, 0.4) is 0 Å². The molecule has 1 aromatic rings. The molecule has 0 atom stereocenters. The summed E-state index contributed by atoms with van der Waals surface area (Å²) in [6.07, 6.45) is 5.16. The van der Waals surface area contributed by atoms with Crippen molar-refractivity contribution in [2.45, 2.75) is 38.3 Å². The van der Waals surface area contributed by atoms with Crippen molar-refractivity contribution in [3.63, 3.8) is 0 Å². The van der Waals surface area contributed by atoms with Gasteiger partial charge in [-0.1, -0.05) is 30.3 Å². The number of rotatable bonds is 4. The average Bonchev–Trinajstić information content (AvgIpc) is 2.38. The third-order valence-electron chi connectivity index (χ3n) is 3.62. The maximum absolute atomic E-state index is 5.69. The SMILES string of the molecule is NCC1CCC(NCc2ccccc2)CC1. The minimum atomic E-state index is 0.697. The Morgan fingerprint density at radius 1 is 1.06 bits per heavy atom. The predicted molar refractivity (Wildman–Crippen MR) is 68.1 cm³/mol. The van der Waals surface area contributed by atoms with Gasteiger partial charge in [-0.05, 0) is 43.7 Å². The lowest BCUT2D eigenvalue weighted by atomic mass is 9.86. The zero-order valence-electron chi connectivity index (χ0n) is 9.86. The molecular weight excluding hydrogens is 196 g/mol. The minimum Gasteiger partial charge on any atom is -0.330 e. The predicted octanol–water partition coefficient (Wildman–Crippen LogP) is 2.29. The van der Waals surface area contributed by atoms with Crippen LogP contribution in [-0.2, 0) is 6.54 Å². The molecule has 0 amide bonds. The Morgan fingerprint density at radius 2 is 1.75 bits per heavy atom. The maximum Gasteiger partial charge on any atom is 0.0208 e. The first kappa shape index (κ1) is 11.6. The van der Waals surface area contributed by atoms with Crippen molar-refractivity contribution in [3.8, 4) is 0 Å². The molecule has 0 spiro atoms. The van der Waals surface area contributed by atoms with Gasteiger partial charge < -0.3 is 11.1 Å². The van der Waals surface area contributed by atoms with E-state index < -0.39 is 0 Å². The molecule has 1 aromatic carbocycles. The van der Waals surface area contributed by atoms with Gasteiger partial charge in [0.15, 0.2) is 0 Å². The second kappa shape index (κ2) is 6.02. The first-order valence-electron chi connectivity index (χ1n) is 6.36. The lowest BCUT2D eigenvalue weighted by Gasteiger charge is -2.28. The summed E-state index contributed by atoms with van der Waals surface area (Å²) in [6, 6.07) is 11.3. The average molecular weight is 218 g/mol. The van der Waals surface area contributed by atoms with Gasteiger partial charge in [0.05, 0.1) is 0 Å². The number of nitrogens with one attached hydrogen (secondary N) is 1. The molecule has 0 bridgehead atoms. The number of hydrogen-bond donors (Lipinski definition) is 2. The Kier molecular flexibility index (Phi) is 4.37. The molecule has 0 unspecified atom stereocenters. The van der Waals surface area contributed by atoms with E-state index in [1.807, 2.05) is 0 Å². The lowest BCUT2D eigenvalue weighted by molar-refractivity contribution is 0.296. The molecule has 2 nitrogen and oxygen atoms in total. The molecule has 2 rings (SSSR count). The summed E-state index contributed by atoms with van der Waals surface area (Å²) in [5.41, 5.74) is 7.07. The summed E-state index contributed by atoms with van der Waals surface area (Å²) >= 11 is 0. The summed E-state index contributed by atoms with van der Waals surface area (Å²) in [5, 5.41) is 3.64. The summed E-state index contributed by atoms with van der Waals surface area (Å²) < 4.78 is 0. The van der Waals surface area contributed by atoms with Crippen molar-refractivity contribution in [3.05, 3.63) is 35.9 Å². The van der Waals surface area contributed by atoms with E-state index in [9.17, 15) is 0 Å². The van der Waals surface area contributed by atoms with Crippen molar-refractivity contribution < 1.29 is 0 Å². The van der Waals surface area contributed by atoms with Gasteiger partial charge in [-0.25, -0.2) is 0 Å². The number of benzene rings is 1. The van der Waals surface area contributed by atoms with E-state index in [4.69, 9.17) is 5.73 Å². The third kappa shape index (κ3) is 3.32. The topological polar surface area (TPSA) is 38.0 Å². The summed E-state index contributed by atoms with van der Waals surface area (Å²) in [4.78, 5) is 0. The van der Waals surface area contributed by atoms with Crippen molar-refractivity contribution in [2.75, 3.05) is 6.54 Å². The van der Waals surface area contributed by atoms with E-state index in [2.05, 4.69) is 35.6 Å². The fourth-order valence-corrected chi connectivity index (χ4v) is 2.46. The zero-order valence-corrected chi connectivity index (χ0v) is 9.86. The molecule has 0 heterocycles. The molecule has 16 heavy (non-hydrogen) atoms. The largest absolute Gasteiger partial charge is 0.330 e. The second-order valence-electron chi connectivity index (χ2n) is 4.82. The van der Waals surface area contributed by atoms with Gasteiger partial charge in [0, 0.05) is 12.6 Å². The standard InChI is InChI=1S/C14H22N2/c15-10-12-6-8-14(9-7-12)16-11-13-4-2-1-3-5-13/h1-5,12,14,16H,6-11,15H2. The molecule has 1 saturated carbocycles. The van der Waals surface area contributed by atoms with Crippen LogP contribution in [0.4, 0.5) is 0 Å². The monoisotopic (exact) mass is 218 g/mol. The van der Waals surface area contributed by atoms with Crippen molar-refractivity contribution in [2.24, 2.45) is 11.7 Å². The summed E-state index contributed by atoms with van der Waals surface area (Å²) in [5.74, 6) is 0.773. The van der Waals surface area contributed by atoms with E-state index >= 15 is 0 Å². The van der Waals surface area contributed by atoms with Crippen molar-refractivity contribution in [1.29, 1.82) is 0 Å². The van der Waals surface area contributed by atoms with Crippen molar-refractivity contribution in [1.82, 2.24) is 5.32 Å². The highest BCUT2D eigenvalue weighted by Crippen LogP contribution is 2.23. The highest BCUT2D eigenvalue weighted by atomic mass is 14.9. The molecular formula is C14H22N2. The molecule has 0 aliphatic heterocycles. The van der Waals surface area contributed by atoms with E-state index in [0.717, 1.165) is 19.0 Å². The second-order valence-corrected chi connectivity index (χ2v) is 4.82. The molecule has 3 N–H and O–H groups in total. The van der Waals surface area contributed by atoms with E-state index in [-0.39, 0.29) is 0 Å². The first-order chi connectivity index (χ1) is 7.88. The Bertz CT molecular complexity index is 289. The van der Waals surface area contributed by atoms with Crippen LogP contribution in [-0.4, -0.2) is 12.6 Å². The van der Waals surface area contributed by atoms with Crippen molar-refractivity contribution >= 4 is 0 Å². The third-order valence-corrected chi connectivity index (χ3v) is 3.62. The first-order valence-corrected chi connectivity index (χ1v) is 6.36. The van der Waals surface area contributed by atoms with E-state index in [0.29, 0.717) is 6.04 Å². The molecule has 0 aromatic heterocycles. The molecule has 0 radical (unpaired) electrons. The Labute approximate surface area is 98.2 Å². The molecule has 1 aliphatic rings. The maximum atomic E-state index is 5.69. The van der Waals surface area contributed by atoms with Gasteiger partial charge in [0.25, 0.3) is 0 Å². The molecule has 88 valence electrons. The molecule has 1 aliphatic carbocycles. The van der Waals surface area contributed by atoms with Crippen LogP contribution in [0.25, 0.3) is 0 Å². The highest BCUT2D eigenvalue weighted by molar-refractivity contribution is 5.14. The highest BCUT2D eigenvalue weighted by Gasteiger charge is 2.19. The van der Waals surface area contributed by atoms with Gasteiger partial charge in [-0.3, -0.25) is 0 Å². The fraction of sp³-hybridized carbons (Fsp3) is 0.571. The van der Waals surface area contributed by atoms with E-state index in [1.54, 1.807) is 0 Å². The van der Waals surface area contributed by atoms with Crippen LogP contribution < -0.4 is 11.1 Å². The number of hydrogen-bond acceptors (Lipinski definition) is 2. The molecule has 2 heteroatoms. The minimum absolute atomic E-state index is 0.697. The normalized spacial score (nSPS) is 25.6. The smallest absolute Gasteiger partial charge is 0.0208 e. The zero-order chi connectivity index (χ0) is 11.2. The molecule has 1 fully saturated rings. The Morgan fingerprint density at radius 3 is 2.38 bits per heavy atom. The summed E-state index contributed by atoms with van der Waals surface area (Å²) in [7, 11) is 0. The Hall–Kier alpha value is -0.860. The van der Waals surface area contributed by atoms with Gasteiger partial charge in [0.1, 0.15) is 0 Å². The van der Waals surface area contributed by atoms with Crippen LogP contribution in [0.1, 0.15) is 31.2 Å².